The maximum absolute atomic E-state index is 10.7. The van der Waals surface area contributed by atoms with E-state index in [1.807, 2.05) is 43.3 Å². The van der Waals surface area contributed by atoms with Crippen LogP contribution in [0.15, 0.2) is 54.1 Å². The van der Waals surface area contributed by atoms with Crippen molar-refractivity contribution in [2.75, 3.05) is 6.61 Å². The number of rotatable bonds is 11. The van der Waals surface area contributed by atoms with Gasteiger partial charge in [-0.1, -0.05) is 67.3 Å². The number of carbonyl (C=O) groups excluding carboxylic acids is 1. The fraction of sp³-hybridized carbons (Fsp3) is 0.364. The highest BCUT2D eigenvalue weighted by atomic mass is 35.5. The van der Waals surface area contributed by atoms with E-state index in [0.29, 0.717) is 17.6 Å². The standard InChI is InChI=1S/C22H27ClN2O2/c1-17(15-20(24)26)11-7-5-3-2-4-6-10-14-27-21-16-18-12-8-9-13-19(18)22(23)25-21/h7-9,11-13,15-16H,2-6,10,14H2,1H3,(H2,24,26)/b11-7+,17-15+. The lowest BCUT2D eigenvalue weighted by molar-refractivity contribution is -0.113. The van der Waals surface area contributed by atoms with Crippen molar-refractivity contribution in [1.29, 1.82) is 0 Å². The molecular formula is C22H27ClN2O2. The molecule has 0 saturated heterocycles. The van der Waals surface area contributed by atoms with Crippen LogP contribution >= 0.6 is 11.6 Å². The van der Waals surface area contributed by atoms with Gasteiger partial charge in [0.15, 0.2) is 0 Å². The molecule has 1 heterocycles. The van der Waals surface area contributed by atoms with Crippen molar-refractivity contribution in [3.8, 4) is 5.88 Å². The Hall–Kier alpha value is -2.33. The first-order chi connectivity index (χ1) is 13.1. The summed E-state index contributed by atoms with van der Waals surface area (Å²) in [6.45, 7) is 2.53. The maximum Gasteiger partial charge on any atom is 0.241 e. The molecule has 0 atom stereocenters. The molecule has 1 aromatic carbocycles. The molecule has 0 aliphatic heterocycles. The van der Waals surface area contributed by atoms with Gasteiger partial charge < -0.3 is 10.5 Å². The molecule has 0 aliphatic carbocycles. The number of allylic oxidation sites excluding steroid dienone is 3. The van der Waals surface area contributed by atoms with E-state index < -0.39 is 5.91 Å². The number of unbranched alkanes of at least 4 members (excludes halogenated alkanes) is 5. The Kier molecular flexibility index (Phi) is 8.85. The van der Waals surface area contributed by atoms with Crippen LogP contribution < -0.4 is 10.5 Å². The number of hydrogen-bond acceptors (Lipinski definition) is 3. The van der Waals surface area contributed by atoms with Gasteiger partial charge in [0.05, 0.1) is 6.61 Å². The summed E-state index contributed by atoms with van der Waals surface area (Å²) in [6.07, 6.45) is 12.1. The predicted octanol–water partition coefficient (Wildman–Crippen LogP) is 5.60. The fourth-order valence-corrected chi connectivity index (χ4v) is 3.08. The molecule has 0 bridgehead atoms. The number of primary amides is 1. The van der Waals surface area contributed by atoms with E-state index in [1.54, 1.807) is 0 Å². The van der Waals surface area contributed by atoms with Crippen LogP contribution in [0.3, 0.4) is 0 Å². The Morgan fingerprint density at radius 1 is 1.19 bits per heavy atom. The number of aromatic nitrogens is 1. The third-order valence-electron chi connectivity index (χ3n) is 4.19. The van der Waals surface area contributed by atoms with Crippen LogP contribution in [0, 0.1) is 0 Å². The summed E-state index contributed by atoms with van der Waals surface area (Å²) in [5, 5.41) is 2.47. The predicted molar refractivity (Wildman–Crippen MR) is 112 cm³/mol. The number of halogens is 1. The lowest BCUT2D eigenvalue weighted by Gasteiger charge is -2.07. The molecule has 2 aromatic rings. The van der Waals surface area contributed by atoms with Gasteiger partial charge in [0.25, 0.3) is 0 Å². The molecule has 0 saturated carbocycles. The van der Waals surface area contributed by atoms with Crippen LogP contribution in [-0.4, -0.2) is 17.5 Å². The van der Waals surface area contributed by atoms with E-state index >= 15 is 0 Å². The van der Waals surface area contributed by atoms with Gasteiger partial charge in [0.1, 0.15) is 5.15 Å². The number of fused-ring (bicyclic) bond motifs is 1. The molecule has 0 aliphatic rings. The number of amides is 1. The number of benzene rings is 1. The van der Waals surface area contributed by atoms with E-state index in [4.69, 9.17) is 22.1 Å². The molecule has 0 unspecified atom stereocenters. The highest BCUT2D eigenvalue weighted by Gasteiger charge is 2.04. The summed E-state index contributed by atoms with van der Waals surface area (Å²) in [5.41, 5.74) is 5.99. The molecule has 1 amide bonds. The Bertz CT molecular complexity index is 815. The van der Waals surface area contributed by atoms with Crippen molar-refractivity contribution in [2.24, 2.45) is 5.73 Å². The van der Waals surface area contributed by atoms with Gasteiger partial charge in [0.2, 0.25) is 11.8 Å². The summed E-state index contributed by atoms with van der Waals surface area (Å²) >= 11 is 6.21. The summed E-state index contributed by atoms with van der Waals surface area (Å²) < 4.78 is 5.75. The zero-order chi connectivity index (χ0) is 19.5. The molecule has 5 heteroatoms. The van der Waals surface area contributed by atoms with Crippen LogP contribution in [0.2, 0.25) is 5.15 Å². The Labute approximate surface area is 166 Å². The Morgan fingerprint density at radius 2 is 1.93 bits per heavy atom. The number of carbonyl (C=O) groups is 1. The molecule has 2 N–H and O–H groups in total. The first kappa shape index (κ1) is 21.0. The Balaban J connectivity index is 1.58. The average molecular weight is 387 g/mol. The van der Waals surface area contributed by atoms with Crippen LogP contribution in [0.4, 0.5) is 0 Å². The summed E-state index contributed by atoms with van der Waals surface area (Å²) in [7, 11) is 0. The third kappa shape index (κ3) is 7.83. The van der Waals surface area contributed by atoms with Crippen LogP contribution in [-0.2, 0) is 4.79 Å². The third-order valence-corrected chi connectivity index (χ3v) is 4.47. The molecule has 2 rings (SSSR count). The number of nitrogens with zero attached hydrogens (tertiary/aromatic N) is 1. The minimum absolute atomic E-state index is 0.402. The van der Waals surface area contributed by atoms with Crippen molar-refractivity contribution in [1.82, 2.24) is 4.98 Å². The number of nitrogens with two attached hydrogens (primary N) is 1. The van der Waals surface area contributed by atoms with E-state index in [9.17, 15) is 4.79 Å². The molecule has 4 nitrogen and oxygen atoms in total. The highest BCUT2D eigenvalue weighted by Crippen LogP contribution is 2.25. The zero-order valence-corrected chi connectivity index (χ0v) is 16.5. The van der Waals surface area contributed by atoms with Crippen LogP contribution in [0.25, 0.3) is 10.8 Å². The van der Waals surface area contributed by atoms with Crippen molar-refractivity contribution >= 4 is 28.3 Å². The topological polar surface area (TPSA) is 65.2 Å². The van der Waals surface area contributed by atoms with E-state index in [1.165, 1.54) is 18.9 Å². The number of hydrogen-bond donors (Lipinski definition) is 1. The van der Waals surface area contributed by atoms with Gasteiger partial charge in [-0.05, 0) is 37.1 Å². The summed E-state index contributed by atoms with van der Waals surface area (Å²) in [6, 6.07) is 9.83. The molecule has 0 fully saturated rings. The molecule has 144 valence electrons. The number of ether oxygens (including phenoxy) is 1. The lowest BCUT2D eigenvalue weighted by Crippen LogP contribution is -2.06. The highest BCUT2D eigenvalue weighted by molar-refractivity contribution is 6.34. The average Bonchev–Trinajstić information content (AvgIpc) is 2.62. The smallest absolute Gasteiger partial charge is 0.241 e. The molecule has 0 radical (unpaired) electrons. The second kappa shape index (κ2) is 11.4. The van der Waals surface area contributed by atoms with Gasteiger partial charge >= 0.3 is 0 Å². The maximum atomic E-state index is 10.7. The minimum atomic E-state index is -0.402. The molecule has 0 spiro atoms. The monoisotopic (exact) mass is 386 g/mol. The van der Waals surface area contributed by atoms with Gasteiger partial charge in [-0.3, -0.25) is 4.79 Å². The summed E-state index contributed by atoms with van der Waals surface area (Å²) in [4.78, 5) is 15.0. The second-order valence-corrected chi connectivity index (χ2v) is 6.93. The zero-order valence-electron chi connectivity index (χ0n) is 15.8. The van der Waals surface area contributed by atoms with Crippen molar-refractivity contribution in [3.63, 3.8) is 0 Å². The molecule has 1 aromatic heterocycles. The van der Waals surface area contributed by atoms with Crippen molar-refractivity contribution in [3.05, 3.63) is 59.3 Å². The lowest BCUT2D eigenvalue weighted by atomic mass is 10.1. The summed E-state index contributed by atoms with van der Waals surface area (Å²) in [5.74, 6) is 0.184. The molecular weight excluding hydrogens is 360 g/mol. The van der Waals surface area contributed by atoms with Crippen molar-refractivity contribution < 1.29 is 9.53 Å². The minimum Gasteiger partial charge on any atom is -0.478 e. The van der Waals surface area contributed by atoms with Gasteiger partial charge in [-0.2, -0.15) is 0 Å². The first-order valence-electron chi connectivity index (χ1n) is 9.38. The van der Waals surface area contributed by atoms with E-state index in [2.05, 4.69) is 11.1 Å². The fourth-order valence-electron chi connectivity index (χ4n) is 2.82. The van der Waals surface area contributed by atoms with Crippen molar-refractivity contribution in [2.45, 2.75) is 45.4 Å². The van der Waals surface area contributed by atoms with Crippen LogP contribution in [0.1, 0.15) is 45.4 Å². The van der Waals surface area contributed by atoms with E-state index in [-0.39, 0.29) is 0 Å². The quantitative estimate of drug-likeness (QED) is 0.237. The number of pyridine rings is 1. The van der Waals surface area contributed by atoms with E-state index in [0.717, 1.165) is 42.0 Å². The molecule has 27 heavy (non-hydrogen) atoms. The second-order valence-electron chi connectivity index (χ2n) is 6.57. The first-order valence-corrected chi connectivity index (χ1v) is 9.76. The van der Waals surface area contributed by atoms with Gasteiger partial charge in [0, 0.05) is 17.5 Å². The van der Waals surface area contributed by atoms with Gasteiger partial charge in [-0.15, -0.1) is 0 Å². The normalized spacial score (nSPS) is 12.0. The SMILES string of the molecule is CC(/C=C/CCCCCCCOc1cc2ccccc2c(Cl)n1)=C\C(N)=O. The Morgan fingerprint density at radius 3 is 2.74 bits per heavy atom. The van der Waals surface area contributed by atoms with Crippen LogP contribution in [0.5, 0.6) is 5.88 Å². The largest absolute Gasteiger partial charge is 0.478 e. The van der Waals surface area contributed by atoms with Gasteiger partial charge in [-0.25, -0.2) is 4.98 Å².